The van der Waals surface area contributed by atoms with Crippen LogP contribution in [-0.2, 0) is 0 Å². The number of rotatable bonds is 5. The molecule has 1 aliphatic heterocycles. The van der Waals surface area contributed by atoms with Gasteiger partial charge in [-0.3, -0.25) is 15.0 Å². The molecule has 2 N–H and O–H groups in total. The van der Waals surface area contributed by atoms with E-state index in [-0.39, 0.29) is 11.9 Å². The van der Waals surface area contributed by atoms with Crippen LogP contribution in [0.3, 0.4) is 0 Å². The molecular weight excluding hydrogens is 392 g/mol. The highest BCUT2D eigenvalue weighted by atomic mass is 32.2. The minimum Gasteiger partial charge on any atom is -0.336 e. The molecule has 3 aromatic rings. The third kappa shape index (κ3) is 3.88. The van der Waals surface area contributed by atoms with Gasteiger partial charge in [0.05, 0.1) is 5.69 Å². The van der Waals surface area contributed by atoms with E-state index in [0.717, 1.165) is 11.3 Å². The Morgan fingerprint density at radius 3 is 2.79 bits per heavy atom. The first-order chi connectivity index (χ1) is 13.6. The van der Waals surface area contributed by atoms with Crippen LogP contribution in [0.25, 0.3) is 11.3 Å². The number of nitrogens with one attached hydrogen (secondary N) is 2. The van der Waals surface area contributed by atoms with Crippen LogP contribution in [0.4, 0.5) is 15.6 Å². The molecule has 1 aromatic heterocycles. The molecule has 1 saturated heterocycles. The van der Waals surface area contributed by atoms with Crippen molar-refractivity contribution in [1.82, 2.24) is 10.3 Å². The van der Waals surface area contributed by atoms with E-state index in [1.165, 1.54) is 16.2 Å². The summed E-state index contributed by atoms with van der Waals surface area (Å²) < 4.78 is 0. The van der Waals surface area contributed by atoms with Gasteiger partial charge < -0.3 is 5.32 Å². The molecule has 0 unspecified atom stereocenters. The first-order valence-corrected chi connectivity index (χ1v) is 10.8. The van der Waals surface area contributed by atoms with Crippen molar-refractivity contribution in [3.05, 3.63) is 59.5 Å². The Labute approximate surface area is 171 Å². The molecule has 0 aliphatic carbocycles. The van der Waals surface area contributed by atoms with Crippen LogP contribution >= 0.6 is 23.1 Å². The Hall–Kier alpha value is -2.84. The Balaban J connectivity index is 1.48. The van der Waals surface area contributed by atoms with E-state index >= 15 is 0 Å². The van der Waals surface area contributed by atoms with Crippen LogP contribution in [0.1, 0.15) is 10.4 Å². The van der Waals surface area contributed by atoms with Crippen molar-refractivity contribution in [3.8, 4) is 11.3 Å². The molecule has 0 bridgehead atoms. The molecule has 8 heteroatoms. The normalized spacial score (nSPS) is 13.5. The van der Waals surface area contributed by atoms with Crippen molar-refractivity contribution in [2.24, 2.45) is 0 Å². The summed E-state index contributed by atoms with van der Waals surface area (Å²) in [5.74, 6) is -0.250. The molecule has 142 valence electrons. The van der Waals surface area contributed by atoms with E-state index in [0.29, 0.717) is 29.5 Å². The number of carbonyl (C=O) groups excluding carboxylic acids is 2. The van der Waals surface area contributed by atoms with Gasteiger partial charge in [-0.1, -0.05) is 18.2 Å². The van der Waals surface area contributed by atoms with Crippen LogP contribution in [0.15, 0.2) is 58.8 Å². The van der Waals surface area contributed by atoms with Gasteiger partial charge >= 0.3 is 6.03 Å². The number of benzene rings is 2. The minimum atomic E-state index is -0.250. The highest BCUT2D eigenvalue weighted by Gasteiger charge is 2.22. The van der Waals surface area contributed by atoms with Gasteiger partial charge in [0.15, 0.2) is 5.13 Å². The maximum Gasteiger partial charge on any atom is 0.321 e. The third-order valence-corrected chi connectivity index (χ3v) is 5.89. The average molecular weight is 411 g/mol. The first-order valence-electron chi connectivity index (χ1n) is 8.71. The highest BCUT2D eigenvalue weighted by molar-refractivity contribution is 7.98. The van der Waals surface area contributed by atoms with Gasteiger partial charge in [-0.2, -0.15) is 0 Å². The Morgan fingerprint density at radius 2 is 2.07 bits per heavy atom. The monoisotopic (exact) mass is 410 g/mol. The molecular formula is C20H18N4O2S2. The third-order valence-electron chi connectivity index (χ3n) is 4.39. The fraction of sp³-hybridized carbons (Fsp3) is 0.150. The summed E-state index contributed by atoms with van der Waals surface area (Å²) in [4.78, 5) is 31.8. The zero-order valence-electron chi connectivity index (χ0n) is 15.1. The summed E-state index contributed by atoms with van der Waals surface area (Å²) in [5, 5.41) is 8.07. The van der Waals surface area contributed by atoms with Gasteiger partial charge in [0.2, 0.25) is 0 Å². The summed E-state index contributed by atoms with van der Waals surface area (Å²) in [6, 6.07) is 15.1. The van der Waals surface area contributed by atoms with Crippen molar-refractivity contribution in [3.63, 3.8) is 0 Å². The summed E-state index contributed by atoms with van der Waals surface area (Å²) >= 11 is 3.08. The maximum atomic E-state index is 12.6. The van der Waals surface area contributed by atoms with Crippen molar-refractivity contribution in [2.45, 2.75) is 4.90 Å². The van der Waals surface area contributed by atoms with E-state index in [1.807, 2.05) is 29.8 Å². The molecule has 0 saturated carbocycles. The first kappa shape index (κ1) is 18.5. The Morgan fingerprint density at radius 1 is 1.25 bits per heavy atom. The number of amides is 3. The fourth-order valence-electron chi connectivity index (χ4n) is 2.93. The van der Waals surface area contributed by atoms with Crippen LogP contribution in [0.2, 0.25) is 0 Å². The SMILES string of the molecule is CSc1ccc(-c2csc(NC(=O)c3cccc(N4CCNC4=O)c3)n2)cc1. The smallest absolute Gasteiger partial charge is 0.321 e. The number of urea groups is 1. The topological polar surface area (TPSA) is 74.3 Å². The van der Waals surface area contributed by atoms with Gasteiger partial charge in [-0.15, -0.1) is 23.1 Å². The second-order valence-corrected chi connectivity index (χ2v) is 7.89. The molecule has 2 aromatic carbocycles. The number of thiazole rings is 1. The van der Waals surface area contributed by atoms with Crippen molar-refractivity contribution in [1.29, 1.82) is 0 Å². The van der Waals surface area contributed by atoms with Crippen molar-refractivity contribution < 1.29 is 9.59 Å². The Bertz CT molecular complexity index is 1020. The van der Waals surface area contributed by atoms with Gasteiger partial charge in [0.1, 0.15) is 0 Å². The summed E-state index contributed by atoms with van der Waals surface area (Å²) in [7, 11) is 0. The summed E-state index contributed by atoms with van der Waals surface area (Å²) in [6.07, 6.45) is 2.04. The van der Waals surface area contributed by atoms with Crippen LogP contribution in [-0.4, -0.2) is 36.3 Å². The van der Waals surface area contributed by atoms with Crippen LogP contribution in [0, 0.1) is 0 Å². The van der Waals surface area contributed by atoms with E-state index < -0.39 is 0 Å². The largest absolute Gasteiger partial charge is 0.336 e. The number of anilines is 2. The fourth-order valence-corrected chi connectivity index (χ4v) is 4.05. The summed E-state index contributed by atoms with van der Waals surface area (Å²) in [6.45, 7) is 1.20. The molecule has 0 radical (unpaired) electrons. The zero-order valence-corrected chi connectivity index (χ0v) is 16.8. The van der Waals surface area contributed by atoms with Gasteiger partial charge in [0.25, 0.3) is 5.91 Å². The van der Waals surface area contributed by atoms with E-state index in [4.69, 9.17) is 0 Å². The molecule has 0 atom stereocenters. The van der Waals surface area contributed by atoms with E-state index in [2.05, 4.69) is 27.8 Å². The number of hydrogen-bond donors (Lipinski definition) is 2. The lowest BCUT2D eigenvalue weighted by Gasteiger charge is -2.14. The Kier molecular flexibility index (Phi) is 5.31. The van der Waals surface area contributed by atoms with Crippen LogP contribution < -0.4 is 15.5 Å². The summed E-state index contributed by atoms with van der Waals surface area (Å²) in [5.41, 5.74) is 3.03. The average Bonchev–Trinajstić information content (AvgIpc) is 3.37. The van der Waals surface area contributed by atoms with Crippen molar-refractivity contribution in [2.75, 3.05) is 29.6 Å². The molecule has 0 spiro atoms. The molecule has 1 fully saturated rings. The second-order valence-electron chi connectivity index (χ2n) is 6.15. The highest BCUT2D eigenvalue weighted by Crippen LogP contribution is 2.27. The van der Waals surface area contributed by atoms with Gasteiger partial charge in [0, 0.05) is 40.2 Å². The second kappa shape index (κ2) is 8.04. The van der Waals surface area contributed by atoms with Crippen molar-refractivity contribution >= 4 is 45.9 Å². The van der Waals surface area contributed by atoms with Crippen LogP contribution in [0.5, 0.6) is 0 Å². The number of aromatic nitrogens is 1. The molecule has 3 amide bonds. The van der Waals surface area contributed by atoms with Gasteiger partial charge in [-0.25, -0.2) is 9.78 Å². The predicted octanol–water partition coefficient (Wildman–Crippen LogP) is 4.31. The quantitative estimate of drug-likeness (QED) is 0.615. The number of carbonyl (C=O) groups is 2. The molecule has 4 rings (SSSR count). The number of thioether (sulfide) groups is 1. The predicted molar refractivity (Wildman–Crippen MR) is 114 cm³/mol. The minimum absolute atomic E-state index is 0.144. The number of nitrogens with zero attached hydrogens (tertiary/aromatic N) is 2. The molecule has 2 heterocycles. The molecule has 6 nitrogen and oxygen atoms in total. The standard InChI is InChI=1S/C20H18N4O2S2/c1-27-16-7-5-13(6-8-16)17-12-28-19(22-17)23-18(25)14-3-2-4-15(11-14)24-10-9-21-20(24)26/h2-8,11-12H,9-10H2,1H3,(H,21,26)(H,22,23,25). The lowest BCUT2D eigenvalue weighted by Crippen LogP contribution is -2.27. The number of hydrogen-bond acceptors (Lipinski definition) is 5. The lowest BCUT2D eigenvalue weighted by molar-refractivity contribution is 0.102. The van der Waals surface area contributed by atoms with E-state index in [9.17, 15) is 9.59 Å². The van der Waals surface area contributed by atoms with Gasteiger partial charge in [-0.05, 0) is 36.6 Å². The lowest BCUT2D eigenvalue weighted by atomic mass is 10.2. The molecule has 28 heavy (non-hydrogen) atoms. The zero-order chi connectivity index (χ0) is 19.5. The maximum absolute atomic E-state index is 12.6. The molecule has 1 aliphatic rings. The van der Waals surface area contributed by atoms with E-state index in [1.54, 1.807) is 34.9 Å².